The van der Waals surface area contributed by atoms with Gasteiger partial charge in [-0.05, 0) is 24.1 Å². The van der Waals surface area contributed by atoms with Crippen molar-refractivity contribution in [2.45, 2.75) is 13.3 Å². The van der Waals surface area contributed by atoms with Gasteiger partial charge < -0.3 is 10.6 Å². The molecule has 0 aliphatic carbocycles. The second-order valence-electron chi connectivity index (χ2n) is 3.67. The molecule has 0 saturated heterocycles. The van der Waals surface area contributed by atoms with Gasteiger partial charge in [0.15, 0.2) is 0 Å². The average molecular weight is 192 g/mol. The highest BCUT2D eigenvalue weighted by molar-refractivity contribution is 5.79. The number of aryl methyl sites for hydroxylation is 1. The van der Waals surface area contributed by atoms with E-state index >= 15 is 0 Å². The van der Waals surface area contributed by atoms with E-state index in [9.17, 15) is 4.79 Å². The predicted octanol–water partition coefficient (Wildman–Crippen LogP) is 1.21. The molecular formula is C11H16N2O. The first-order chi connectivity index (χ1) is 6.50. The second kappa shape index (κ2) is 4.13. The summed E-state index contributed by atoms with van der Waals surface area (Å²) in [4.78, 5) is 13.0. The van der Waals surface area contributed by atoms with Crippen LogP contribution in [-0.4, -0.2) is 24.9 Å². The van der Waals surface area contributed by atoms with Gasteiger partial charge in [-0.3, -0.25) is 4.79 Å². The van der Waals surface area contributed by atoms with Gasteiger partial charge in [0.2, 0.25) is 5.91 Å². The molecule has 1 aromatic rings. The predicted molar refractivity (Wildman–Crippen MR) is 58.0 cm³/mol. The average Bonchev–Trinajstić information content (AvgIpc) is 2.09. The molecule has 0 atom stereocenters. The van der Waals surface area contributed by atoms with Crippen LogP contribution in [0.1, 0.15) is 11.1 Å². The molecule has 1 amide bonds. The van der Waals surface area contributed by atoms with Crippen LogP contribution in [0, 0.1) is 6.92 Å². The van der Waals surface area contributed by atoms with Crippen molar-refractivity contribution in [3.8, 4) is 0 Å². The minimum atomic E-state index is 0.0700. The summed E-state index contributed by atoms with van der Waals surface area (Å²) in [7, 11) is 3.49. The lowest BCUT2D eigenvalue weighted by atomic mass is 10.1. The van der Waals surface area contributed by atoms with Crippen LogP contribution in [0.2, 0.25) is 0 Å². The van der Waals surface area contributed by atoms with Crippen LogP contribution < -0.4 is 5.73 Å². The Kier molecular flexibility index (Phi) is 3.12. The number of hydrogen-bond donors (Lipinski definition) is 1. The molecule has 3 nitrogen and oxygen atoms in total. The fraction of sp³-hybridized carbons (Fsp3) is 0.364. The maximum absolute atomic E-state index is 11.4. The van der Waals surface area contributed by atoms with Gasteiger partial charge in [0.25, 0.3) is 0 Å². The molecule has 76 valence electrons. The third kappa shape index (κ3) is 2.49. The van der Waals surface area contributed by atoms with E-state index in [1.807, 2.05) is 25.1 Å². The molecule has 1 rings (SSSR count). The Morgan fingerprint density at radius 3 is 2.57 bits per heavy atom. The van der Waals surface area contributed by atoms with Gasteiger partial charge in [0.1, 0.15) is 0 Å². The highest BCUT2D eigenvalue weighted by atomic mass is 16.2. The van der Waals surface area contributed by atoms with Crippen LogP contribution in [0.4, 0.5) is 5.69 Å². The zero-order chi connectivity index (χ0) is 10.7. The Morgan fingerprint density at radius 2 is 2.07 bits per heavy atom. The Bertz CT molecular complexity index is 345. The summed E-state index contributed by atoms with van der Waals surface area (Å²) < 4.78 is 0. The number of benzene rings is 1. The maximum atomic E-state index is 11.4. The number of carbonyl (C=O) groups excluding carboxylic acids is 1. The summed E-state index contributed by atoms with van der Waals surface area (Å²) in [5, 5.41) is 0. The van der Waals surface area contributed by atoms with Crippen molar-refractivity contribution in [3.05, 3.63) is 29.3 Å². The van der Waals surface area contributed by atoms with Crippen molar-refractivity contribution < 1.29 is 4.79 Å². The lowest BCUT2D eigenvalue weighted by molar-refractivity contribution is -0.127. The Balaban J connectivity index is 2.82. The van der Waals surface area contributed by atoms with E-state index < -0.39 is 0 Å². The number of nitrogen functional groups attached to an aromatic ring is 1. The first-order valence-electron chi connectivity index (χ1n) is 4.56. The topological polar surface area (TPSA) is 46.3 Å². The first-order valence-corrected chi connectivity index (χ1v) is 4.56. The first kappa shape index (κ1) is 10.6. The summed E-state index contributed by atoms with van der Waals surface area (Å²) in [6, 6.07) is 5.76. The summed E-state index contributed by atoms with van der Waals surface area (Å²) in [6.45, 7) is 1.98. The van der Waals surface area contributed by atoms with Gasteiger partial charge in [-0.25, -0.2) is 0 Å². The van der Waals surface area contributed by atoms with Crippen LogP contribution in [0.25, 0.3) is 0 Å². The fourth-order valence-electron chi connectivity index (χ4n) is 1.20. The fourth-order valence-corrected chi connectivity index (χ4v) is 1.20. The number of rotatable bonds is 2. The van der Waals surface area contributed by atoms with E-state index in [1.165, 1.54) is 0 Å². The van der Waals surface area contributed by atoms with Crippen LogP contribution in [0.5, 0.6) is 0 Å². The van der Waals surface area contributed by atoms with E-state index in [4.69, 9.17) is 5.73 Å². The molecule has 0 radical (unpaired) electrons. The Hall–Kier alpha value is -1.51. The lowest BCUT2D eigenvalue weighted by Crippen LogP contribution is -2.23. The molecule has 0 aliphatic rings. The highest BCUT2D eigenvalue weighted by Crippen LogP contribution is 2.14. The van der Waals surface area contributed by atoms with Crippen molar-refractivity contribution in [3.63, 3.8) is 0 Å². The van der Waals surface area contributed by atoms with E-state index in [0.29, 0.717) is 12.1 Å². The van der Waals surface area contributed by atoms with Gasteiger partial charge in [0.05, 0.1) is 6.42 Å². The SMILES string of the molecule is Cc1ccc(CC(=O)N(C)C)c(N)c1. The summed E-state index contributed by atoms with van der Waals surface area (Å²) in [6.07, 6.45) is 0.374. The molecule has 0 unspecified atom stereocenters. The van der Waals surface area contributed by atoms with E-state index in [0.717, 1.165) is 11.1 Å². The number of amides is 1. The minimum Gasteiger partial charge on any atom is -0.398 e. The summed E-state index contributed by atoms with van der Waals surface area (Å²) in [5.74, 6) is 0.0700. The highest BCUT2D eigenvalue weighted by Gasteiger charge is 2.07. The van der Waals surface area contributed by atoms with Crippen molar-refractivity contribution >= 4 is 11.6 Å². The normalized spacial score (nSPS) is 9.93. The van der Waals surface area contributed by atoms with Gasteiger partial charge in [-0.1, -0.05) is 12.1 Å². The molecule has 0 spiro atoms. The van der Waals surface area contributed by atoms with Crippen molar-refractivity contribution in [2.75, 3.05) is 19.8 Å². The number of hydrogen-bond acceptors (Lipinski definition) is 2. The minimum absolute atomic E-state index is 0.0700. The molecule has 14 heavy (non-hydrogen) atoms. The zero-order valence-electron chi connectivity index (χ0n) is 8.87. The van der Waals surface area contributed by atoms with Crippen molar-refractivity contribution in [1.29, 1.82) is 0 Å². The molecule has 0 aromatic heterocycles. The van der Waals surface area contributed by atoms with E-state index in [1.54, 1.807) is 19.0 Å². The second-order valence-corrected chi connectivity index (χ2v) is 3.67. The number of nitrogens with zero attached hydrogens (tertiary/aromatic N) is 1. The monoisotopic (exact) mass is 192 g/mol. The van der Waals surface area contributed by atoms with Crippen LogP contribution in [-0.2, 0) is 11.2 Å². The Morgan fingerprint density at radius 1 is 1.43 bits per heavy atom. The van der Waals surface area contributed by atoms with E-state index in [-0.39, 0.29) is 5.91 Å². The molecule has 3 heteroatoms. The molecular weight excluding hydrogens is 176 g/mol. The van der Waals surface area contributed by atoms with Crippen LogP contribution >= 0.6 is 0 Å². The summed E-state index contributed by atoms with van der Waals surface area (Å²) in [5.41, 5.74) is 8.51. The standard InChI is InChI=1S/C11H16N2O/c1-8-4-5-9(10(12)6-8)7-11(14)13(2)3/h4-6H,7,12H2,1-3H3. The number of anilines is 1. The third-order valence-corrected chi connectivity index (χ3v) is 2.14. The third-order valence-electron chi connectivity index (χ3n) is 2.14. The van der Waals surface area contributed by atoms with Crippen molar-refractivity contribution in [2.24, 2.45) is 0 Å². The number of carbonyl (C=O) groups is 1. The van der Waals surface area contributed by atoms with Gasteiger partial charge in [0, 0.05) is 19.8 Å². The maximum Gasteiger partial charge on any atom is 0.226 e. The van der Waals surface area contributed by atoms with Gasteiger partial charge in [-0.2, -0.15) is 0 Å². The molecule has 0 bridgehead atoms. The van der Waals surface area contributed by atoms with Crippen LogP contribution in [0.15, 0.2) is 18.2 Å². The molecule has 0 aliphatic heterocycles. The smallest absolute Gasteiger partial charge is 0.226 e. The van der Waals surface area contributed by atoms with Gasteiger partial charge >= 0.3 is 0 Å². The van der Waals surface area contributed by atoms with E-state index in [2.05, 4.69) is 0 Å². The quantitative estimate of drug-likeness (QED) is 0.716. The number of likely N-dealkylation sites (N-methyl/N-ethyl adjacent to an activating group) is 1. The Labute approximate surface area is 84.5 Å². The van der Waals surface area contributed by atoms with Crippen molar-refractivity contribution in [1.82, 2.24) is 4.90 Å². The van der Waals surface area contributed by atoms with Crippen LogP contribution in [0.3, 0.4) is 0 Å². The zero-order valence-corrected chi connectivity index (χ0v) is 8.87. The van der Waals surface area contributed by atoms with Gasteiger partial charge in [-0.15, -0.1) is 0 Å². The molecule has 0 heterocycles. The summed E-state index contributed by atoms with van der Waals surface area (Å²) >= 11 is 0. The molecule has 0 saturated carbocycles. The number of nitrogens with two attached hydrogens (primary N) is 1. The lowest BCUT2D eigenvalue weighted by Gasteiger charge is -2.11. The molecule has 2 N–H and O–H groups in total. The molecule has 1 aromatic carbocycles. The molecule has 0 fully saturated rings. The largest absolute Gasteiger partial charge is 0.398 e.